The van der Waals surface area contributed by atoms with Crippen LogP contribution >= 0.6 is 15.9 Å². The maximum Gasteiger partial charge on any atom is 0.256 e. The Labute approximate surface area is 113 Å². The van der Waals surface area contributed by atoms with Gasteiger partial charge >= 0.3 is 0 Å². The molecular formula is C13H13BrFNO2. The minimum Gasteiger partial charge on any atom is -0.337 e. The molecule has 0 radical (unpaired) electrons. The Morgan fingerprint density at radius 2 is 2.22 bits per heavy atom. The van der Waals surface area contributed by atoms with Gasteiger partial charge in [-0.1, -0.05) is 22.9 Å². The molecule has 3 nitrogen and oxygen atoms in total. The Balaban J connectivity index is 2.19. The molecule has 1 amide bonds. The first kappa shape index (κ1) is 13.2. The molecule has 2 rings (SSSR count). The van der Waals surface area contributed by atoms with E-state index in [9.17, 15) is 14.0 Å². The molecule has 0 N–H and O–H groups in total. The van der Waals surface area contributed by atoms with Crippen LogP contribution in [0.25, 0.3) is 0 Å². The highest BCUT2D eigenvalue weighted by molar-refractivity contribution is 9.10. The molecule has 1 atom stereocenters. The van der Waals surface area contributed by atoms with Crippen molar-refractivity contribution in [2.24, 2.45) is 5.92 Å². The van der Waals surface area contributed by atoms with Crippen molar-refractivity contribution in [3.05, 3.63) is 34.1 Å². The molecule has 0 aromatic heterocycles. The number of nitrogens with zero attached hydrogens (tertiary/aromatic N) is 1. The smallest absolute Gasteiger partial charge is 0.256 e. The van der Waals surface area contributed by atoms with Gasteiger partial charge in [-0.2, -0.15) is 0 Å². The van der Waals surface area contributed by atoms with Crippen LogP contribution in [0.15, 0.2) is 22.7 Å². The molecular weight excluding hydrogens is 301 g/mol. The van der Waals surface area contributed by atoms with Crippen LogP contribution in [0.1, 0.15) is 23.7 Å². The van der Waals surface area contributed by atoms with Crippen molar-refractivity contribution < 1.29 is 14.0 Å². The number of likely N-dealkylation sites (tertiary alicyclic amines) is 1. The van der Waals surface area contributed by atoms with Gasteiger partial charge in [-0.25, -0.2) is 4.39 Å². The third-order valence-corrected chi connectivity index (χ3v) is 3.61. The second kappa shape index (κ2) is 5.18. The molecule has 0 saturated carbocycles. The maximum absolute atomic E-state index is 13.7. The zero-order chi connectivity index (χ0) is 13.3. The van der Waals surface area contributed by atoms with Crippen LogP contribution < -0.4 is 0 Å². The maximum atomic E-state index is 13.7. The van der Waals surface area contributed by atoms with Crippen molar-refractivity contribution in [3.63, 3.8) is 0 Å². The van der Waals surface area contributed by atoms with Crippen LogP contribution in [0.5, 0.6) is 0 Å². The van der Waals surface area contributed by atoms with Crippen LogP contribution in [0.2, 0.25) is 0 Å². The number of rotatable bonds is 1. The van der Waals surface area contributed by atoms with Crippen molar-refractivity contribution in [1.82, 2.24) is 4.90 Å². The highest BCUT2D eigenvalue weighted by atomic mass is 79.9. The Morgan fingerprint density at radius 3 is 2.83 bits per heavy atom. The second-order valence-corrected chi connectivity index (χ2v) is 5.41. The van der Waals surface area contributed by atoms with Crippen molar-refractivity contribution in [2.75, 3.05) is 13.1 Å². The summed E-state index contributed by atoms with van der Waals surface area (Å²) in [4.78, 5) is 25.1. The molecule has 1 aromatic carbocycles. The topological polar surface area (TPSA) is 37.4 Å². The van der Waals surface area contributed by atoms with Gasteiger partial charge in [0.15, 0.2) is 0 Å². The second-order valence-electron chi connectivity index (χ2n) is 4.49. The van der Waals surface area contributed by atoms with Gasteiger partial charge in [-0.15, -0.1) is 0 Å². The predicted octanol–water partition coefficient (Wildman–Crippen LogP) is 2.64. The lowest BCUT2D eigenvalue weighted by Crippen LogP contribution is -2.43. The van der Waals surface area contributed by atoms with Crippen molar-refractivity contribution in [3.8, 4) is 0 Å². The number of carbonyl (C=O) groups is 2. The lowest BCUT2D eigenvalue weighted by Gasteiger charge is -2.30. The van der Waals surface area contributed by atoms with E-state index >= 15 is 0 Å². The number of benzene rings is 1. The fourth-order valence-corrected chi connectivity index (χ4v) is 2.37. The molecule has 1 fully saturated rings. The normalized spacial score (nSPS) is 20.1. The van der Waals surface area contributed by atoms with E-state index in [0.717, 1.165) is 0 Å². The fraction of sp³-hybridized carbons (Fsp3) is 0.385. The highest BCUT2D eigenvalue weighted by Crippen LogP contribution is 2.19. The minimum absolute atomic E-state index is 0.0553. The third kappa shape index (κ3) is 2.61. The molecule has 96 valence electrons. The van der Waals surface area contributed by atoms with Crippen LogP contribution in [-0.2, 0) is 4.79 Å². The summed E-state index contributed by atoms with van der Waals surface area (Å²) in [6.45, 7) is 2.53. The van der Waals surface area contributed by atoms with Crippen molar-refractivity contribution in [1.29, 1.82) is 0 Å². The van der Waals surface area contributed by atoms with Gasteiger partial charge in [0.2, 0.25) is 0 Å². The fourth-order valence-electron chi connectivity index (χ4n) is 2.03. The molecule has 18 heavy (non-hydrogen) atoms. The lowest BCUT2D eigenvalue weighted by molar-refractivity contribution is -0.124. The summed E-state index contributed by atoms with van der Waals surface area (Å²) in [7, 11) is 0. The molecule has 1 aliphatic heterocycles. The summed E-state index contributed by atoms with van der Waals surface area (Å²) < 4.78 is 14.3. The summed E-state index contributed by atoms with van der Waals surface area (Å²) in [5.41, 5.74) is 0.0553. The van der Waals surface area contributed by atoms with Gasteiger partial charge in [0.05, 0.1) is 5.56 Å². The van der Waals surface area contributed by atoms with Gasteiger partial charge in [0.25, 0.3) is 5.91 Å². The number of carbonyl (C=O) groups excluding carboxylic acids is 2. The summed E-state index contributed by atoms with van der Waals surface area (Å²) in [5, 5.41) is 0. The lowest BCUT2D eigenvalue weighted by atomic mass is 9.98. The number of halogens is 2. The Bertz CT molecular complexity index is 504. The number of piperidine rings is 1. The Morgan fingerprint density at radius 1 is 1.50 bits per heavy atom. The van der Waals surface area contributed by atoms with E-state index in [2.05, 4.69) is 15.9 Å². The Hall–Kier alpha value is -1.23. The highest BCUT2D eigenvalue weighted by Gasteiger charge is 2.28. The molecule has 1 heterocycles. The molecule has 5 heteroatoms. The van der Waals surface area contributed by atoms with Crippen LogP contribution in [0.4, 0.5) is 4.39 Å². The monoisotopic (exact) mass is 313 g/mol. The number of hydrogen-bond acceptors (Lipinski definition) is 2. The van der Waals surface area contributed by atoms with Crippen LogP contribution in [-0.4, -0.2) is 29.7 Å². The van der Waals surface area contributed by atoms with Crippen LogP contribution in [0.3, 0.4) is 0 Å². The molecule has 0 aliphatic carbocycles. The molecule has 0 bridgehead atoms. The van der Waals surface area contributed by atoms with Crippen molar-refractivity contribution in [2.45, 2.75) is 13.3 Å². The zero-order valence-corrected chi connectivity index (χ0v) is 11.5. The van der Waals surface area contributed by atoms with E-state index < -0.39 is 5.82 Å². The standard InChI is InChI=1S/C13H13BrFNO2/c1-8-7-16(5-4-12(8)17)13(18)10-3-2-9(14)6-11(10)15/h2-3,6,8H,4-5,7H2,1H3. The van der Waals surface area contributed by atoms with Gasteiger partial charge in [0.1, 0.15) is 11.6 Å². The first-order valence-corrected chi connectivity index (χ1v) is 6.55. The SMILES string of the molecule is CC1CN(C(=O)c2ccc(Br)cc2F)CCC1=O. The average molecular weight is 314 g/mol. The molecule has 1 aromatic rings. The van der Waals surface area contributed by atoms with Crippen molar-refractivity contribution >= 4 is 27.6 Å². The summed E-state index contributed by atoms with van der Waals surface area (Å²) in [6, 6.07) is 4.36. The van der Waals surface area contributed by atoms with Crippen LogP contribution in [0, 0.1) is 11.7 Å². The van der Waals surface area contributed by atoms with Gasteiger partial charge in [0, 0.05) is 29.9 Å². The summed E-state index contributed by atoms with van der Waals surface area (Å²) in [6.07, 6.45) is 0.352. The molecule has 1 aliphatic rings. The number of ketones is 1. The summed E-state index contributed by atoms with van der Waals surface area (Å²) in [5.74, 6) is -0.894. The first-order chi connectivity index (χ1) is 8.49. The Kier molecular flexibility index (Phi) is 3.80. The number of amides is 1. The van der Waals surface area contributed by atoms with Gasteiger partial charge < -0.3 is 4.90 Å². The van der Waals surface area contributed by atoms with E-state index in [4.69, 9.17) is 0 Å². The number of Topliss-reactive ketones (excluding diaryl/α,β-unsaturated/α-hetero) is 1. The van der Waals surface area contributed by atoms with E-state index in [0.29, 0.717) is 24.0 Å². The first-order valence-electron chi connectivity index (χ1n) is 5.76. The largest absolute Gasteiger partial charge is 0.337 e. The summed E-state index contributed by atoms with van der Waals surface area (Å²) >= 11 is 3.15. The van der Waals surface area contributed by atoms with E-state index in [-0.39, 0.29) is 23.2 Å². The van der Waals surface area contributed by atoms with E-state index in [1.807, 2.05) is 0 Å². The number of hydrogen-bond donors (Lipinski definition) is 0. The average Bonchev–Trinajstić information content (AvgIpc) is 2.32. The van der Waals surface area contributed by atoms with Gasteiger partial charge in [-0.05, 0) is 18.2 Å². The quantitative estimate of drug-likeness (QED) is 0.799. The molecule has 1 saturated heterocycles. The predicted molar refractivity (Wildman–Crippen MR) is 68.8 cm³/mol. The third-order valence-electron chi connectivity index (χ3n) is 3.12. The minimum atomic E-state index is -0.543. The van der Waals surface area contributed by atoms with E-state index in [1.54, 1.807) is 17.9 Å². The molecule has 0 spiro atoms. The molecule has 1 unspecified atom stereocenters. The van der Waals surface area contributed by atoms with E-state index in [1.165, 1.54) is 12.1 Å². The van der Waals surface area contributed by atoms with Gasteiger partial charge in [-0.3, -0.25) is 9.59 Å². The zero-order valence-electron chi connectivity index (χ0n) is 9.95.